The van der Waals surface area contributed by atoms with Crippen LogP contribution in [0.2, 0.25) is 0 Å². The Morgan fingerprint density at radius 1 is 1.53 bits per heavy atom. The van der Waals surface area contributed by atoms with Crippen molar-refractivity contribution in [2.45, 2.75) is 19.3 Å². The number of nitrogens with zero attached hydrogens (tertiary/aromatic N) is 1. The molecule has 5 heteroatoms. The second-order valence-electron chi connectivity index (χ2n) is 3.87. The first kappa shape index (κ1) is 10.4. The molecule has 0 heterocycles. The van der Waals surface area contributed by atoms with Crippen molar-refractivity contribution in [2.24, 2.45) is 5.92 Å². The average Bonchev–Trinajstić information content (AvgIpc) is 2.94. The number of benzene rings is 1. The molecular formula is C10H11BrN2O2. The van der Waals surface area contributed by atoms with Crippen LogP contribution in [0.15, 0.2) is 16.6 Å². The quantitative estimate of drug-likeness (QED) is 0.522. The molecule has 15 heavy (non-hydrogen) atoms. The highest BCUT2D eigenvalue weighted by atomic mass is 79.9. The lowest BCUT2D eigenvalue weighted by atomic mass is 10.1. The van der Waals surface area contributed by atoms with Gasteiger partial charge in [-0.2, -0.15) is 0 Å². The summed E-state index contributed by atoms with van der Waals surface area (Å²) in [4.78, 5) is 10.5. The second kappa shape index (κ2) is 3.81. The van der Waals surface area contributed by atoms with Crippen molar-refractivity contribution in [2.75, 3.05) is 5.73 Å². The van der Waals surface area contributed by atoms with Gasteiger partial charge >= 0.3 is 0 Å². The number of nitrogen functional groups attached to an aromatic ring is 1. The van der Waals surface area contributed by atoms with Gasteiger partial charge in [0.15, 0.2) is 0 Å². The van der Waals surface area contributed by atoms with Crippen LogP contribution in [0.4, 0.5) is 11.4 Å². The Balaban J connectivity index is 2.46. The predicted octanol–water partition coefficient (Wildman–Crippen LogP) is 2.89. The number of anilines is 1. The van der Waals surface area contributed by atoms with Crippen LogP contribution in [0.1, 0.15) is 18.4 Å². The van der Waals surface area contributed by atoms with E-state index in [9.17, 15) is 10.1 Å². The van der Waals surface area contributed by atoms with E-state index in [2.05, 4.69) is 15.9 Å². The van der Waals surface area contributed by atoms with E-state index in [4.69, 9.17) is 5.73 Å². The molecular weight excluding hydrogens is 260 g/mol. The summed E-state index contributed by atoms with van der Waals surface area (Å²) in [5, 5.41) is 10.9. The zero-order chi connectivity index (χ0) is 11.0. The van der Waals surface area contributed by atoms with Crippen molar-refractivity contribution in [3.05, 3.63) is 32.3 Å². The van der Waals surface area contributed by atoms with Gasteiger partial charge in [-0.15, -0.1) is 0 Å². The van der Waals surface area contributed by atoms with Crippen LogP contribution in [-0.4, -0.2) is 4.92 Å². The van der Waals surface area contributed by atoms with Gasteiger partial charge in [0.2, 0.25) is 0 Å². The Labute approximate surface area is 95.7 Å². The Kier molecular flexibility index (Phi) is 2.65. The molecule has 2 N–H and O–H groups in total. The SMILES string of the molecule is Nc1ccc(Br)c(CC2CC2)c1[N+](=O)[O-]. The Morgan fingerprint density at radius 3 is 2.73 bits per heavy atom. The fraction of sp³-hybridized carbons (Fsp3) is 0.400. The highest BCUT2D eigenvalue weighted by molar-refractivity contribution is 9.10. The van der Waals surface area contributed by atoms with Crippen molar-refractivity contribution < 1.29 is 4.92 Å². The van der Waals surface area contributed by atoms with E-state index in [1.54, 1.807) is 12.1 Å². The van der Waals surface area contributed by atoms with Gasteiger partial charge in [-0.3, -0.25) is 10.1 Å². The summed E-state index contributed by atoms with van der Waals surface area (Å²) in [5.74, 6) is 0.599. The van der Waals surface area contributed by atoms with Crippen molar-refractivity contribution in [1.82, 2.24) is 0 Å². The summed E-state index contributed by atoms with van der Waals surface area (Å²) in [6.07, 6.45) is 3.08. The van der Waals surface area contributed by atoms with E-state index < -0.39 is 4.92 Å². The molecule has 2 rings (SSSR count). The van der Waals surface area contributed by atoms with Crippen LogP contribution in [-0.2, 0) is 6.42 Å². The van der Waals surface area contributed by atoms with Gasteiger partial charge in [-0.1, -0.05) is 15.9 Å². The first-order chi connectivity index (χ1) is 7.09. The molecule has 0 bridgehead atoms. The molecule has 1 aromatic rings. The molecule has 4 nitrogen and oxygen atoms in total. The van der Waals surface area contributed by atoms with Gasteiger partial charge in [0.05, 0.1) is 4.92 Å². The fourth-order valence-corrected chi connectivity index (χ4v) is 2.13. The molecule has 0 spiro atoms. The van der Waals surface area contributed by atoms with Gasteiger partial charge in [0.25, 0.3) is 5.69 Å². The highest BCUT2D eigenvalue weighted by Crippen LogP contribution is 2.40. The Morgan fingerprint density at radius 2 is 2.20 bits per heavy atom. The normalized spacial score (nSPS) is 15.3. The average molecular weight is 271 g/mol. The maximum Gasteiger partial charge on any atom is 0.296 e. The van der Waals surface area contributed by atoms with E-state index in [0.29, 0.717) is 5.92 Å². The molecule has 0 aromatic heterocycles. The molecule has 0 unspecified atom stereocenters. The van der Waals surface area contributed by atoms with Crippen molar-refractivity contribution in [3.63, 3.8) is 0 Å². The number of hydrogen-bond acceptors (Lipinski definition) is 3. The van der Waals surface area contributed by atoms with Crippen LogP contribution in [0.5, 0.6) is 0 Å². The van der Waals surface area contributed by atoms with Crippen molar-refractivity contribution >= 4 is 27.3 Å². The zero-order valence-electron chi connectivity index (χ0n) is 8.07. The number of hydrogen-bond donors (Lipinski definition) is 1. The predicted molar refractivity (Wildman–Crippen MR) is 61.6 cm³/mol. The third kappa shape index (κ3) is 2.12. The summed E-state index contributed by atoms with van der Waals surface area (Å²) < 4.78 is 0.787. The van der Waals surface area contributed by atoms with Gasteiger partial charge in [0.1, 0.15) is 5.69 Å². The largest absolute Gasteiger partial charge is 0.393 e. The molecule has 1 fully saturated rings. The topological polar surface area (TPSA) is 69.2 Å². The summed E-state index contributed by atoms with van der Waals surface area (Å²) in [7, 11) is 0. The fourth-order valence-electron chi connectivity index (χ4n) is 1.65. The molecule has 0 saturated heterocycles. The van der Waals surface area contributed by atoms with Gasteiger partial charge in [-0.25, -0.2) is 0 Å². The van der Waals surface area contributed by atoms with E-state index >= 15 is 0 Å². The van der Waals surface area contributed by atoms with Crippen molar-refractivity contribution in [1.29, 1.82) is 0 Å². The number of nitrogens with two attached hydrogens (primary N) is 1. The summed E-state index contributed by atoms with van der Waals surface area (Å²) >= 11 is 3.35. The van der Waals surface area contributed by atoms with Crippen LogP contribution in [0.25, 0.3) is 0 Å². The third-order valence-electron chi connectivity index (χ3n) is 2.63. The molecule has 0 amide bonds. The molecule has 1 aliphatic rings. The van der Waals surface area contributed by atoms with E-state index in [1.165, 1.54) is 12.8 Å². The molecule has 1 aromatic carbocycles. The van der Waals surface area contributed by atoms with Crippen LogP contribution in [0.3, 0.4) is 0 Å². The lowest BCUT2D eigenvalue weighted by Crippen LogP contribution is -2.02. The number of nitro groups is 1. The highest BCUT2D eigenvalue weighted by Gasteiger charge is 2.28. The molecule has 0 atom stereocenters. The Bertz CT molecular complexity index is 416. The molecule has 1 aliphatic carbocycles. The molecule has 80 valence electrons. The maximum absolute atomic E-state index is 10.9. The van der Waals surface area contributed by atoms with Crippen molar-refractivity contribution in [3.8, 4) is 0 Å². The van der Waals surface area contributed by atoms with Crippen LogP contribution in [0, 0.1) is 16.0 Å². The minimum absolute atomic E-state index is 0.0660. The first-order valence-electron chi connectivity index (χ1n) is 4.81. The lowest BCUT2D eigenvalue weighted by molar-refractivity contribution is -0.384. The minimum Gasteiger partial charge on any atom is -0.393 e. The Hall–Kier alpha value is -1.10. The summed E-state index contributed by atoms with van der Waals surface area (Å²) in [6, 6.07) is 3.35. The minimum atomic E-state index is -0.391. The molecule has 0 radical (unpaired) electrons. The summed E-state index contributed by atoms with van der Waals surface area (Å²) in [6.45, 7) is 0. The number of nitro benzene ring substituents is 1. The first-order valence-corrected chi connectivity index (χ1v) is 5.60. The molecule has 0 aliphatic heterocycles. The smallest absolute Gasteiger partial charge is 0.296 e. The standard InChI is InChI=1S/C10H11BrN2O2/c11-8-3-4-9(12)10(13(14)15)7(8)5-6-1-2-6/h3-4,6H,1-2,5,12H2. The van der Waals surface area contributed by atoms with Crippen LogP contribution < -0.4 is 5.73 Å². The zero-order valence-corrected chi connectivity index (χ0v) is 9.66. The van der Waals surface area contributed by atoms with E-state index in [-0.39, 0.29) is 11.4 Å². The third-order valence-corrected chi connectivity index (χ3v) is 3.37. The van der Waals surface area contributed by atoms with Crippen LogP contribution >= 0.6 is 15.9 Å². The van der Waals surface area contributed by atoms with E-state index in [0.717, 1.165) is 16.5 Å². The maximum atomic E-state index is 10.9. The van der Waals surface area contributed by atoms with Gasteiger partial charge in [0, 0.05) is 10.0 Å². The van der Waals surface area contributed by atoms with Gasteiger partial charge in [-0.05, 0) is 37.3 Å². The summed E-state index contributed by atoms with van der Waals surface area (Å²) in [5.41, 5.74) is 6.68. The second-order valence-corrected chi connectivity index (χ2v) is 4.72. The van der Waals surface area contributed by atoms with Gasteiger partial charge < -0.3 is 5.73 Å². The molecule has 1 saturated carbocycles. The van der Waals surface area contributed by atoms with E-state index in [1.807, 2.05) is 0 Å². The lowest BCUT2D eigenvalue weighted by Gasteiger charge is -2.06. The number of rotatable bonds is 3. The number of halogens is 1. The monoisotopic (exact) mass is 270 g/mol.